The normalized spacial score (nSPS) is 11.3. The topological polar surface area (TPSA) is 119 Å². The van der Waals surface area contributed by atoms with Gasteiger partial charge in [0.2, 0.25) is 0 Å². The number of non-ortho nitro benzene ring substituents is 1. The summed E-state index contributed by atoms with van der Waals surface area (Å²) in [5, 5.41) is 10.6. The molecule has 0 bridgehead atoms. The Morgan fingerprint density at radius 2 is 2.05 bits per heavy atom. The van der Waals surface area contributed by atoms with Crippen molar-refractivity contribution >= 4 is 13.5 Å². The third-order valence-electron chi connectivity index (χ3n) is 2.19. The molecule has 8 nitrogen and oxygen atoms in total. The monoisotopic (exact) mass is 291 g/mol. The fourth-order valence-electron chi connectivity index (χ4n) is 1.28. The number of phosphoric ester groups is 1. The number of benzene rings is 1. The maximum atomic E-state index is 10.6. The largest absolute Gasteiger partial charge is 0.493 e. The van der Waals surface area contributed by atoms with Crippen LogP contribution < -0.4 is 4.74 Å². The summed E-state index contributed by atoms with van der Waals surface area (Å²) < 4.78 is 19.9. The van der Waals surface area contributed by atoms with E-state index in [0.29, 0.717) is 5.75 Å². The van der Waals surface area contributed by atoms with Crippen LogP contribution in [0.4, 0.5) is 5.69 Å². The average molecular weight is 291 g/mol. The SMILES string of the molecule is Cc1ccc([N+](=O)[O-])cc1OCCCOP(=O)(O)O. The standard InChI is InChI=1S/C10H14NO7P/c1-8-3-4-9(11(12)13)7-10(8)17-5-2-6-18-19(14,15)16/h3-4,7H,2,5-6H2,1H3,(H2,14,15,16). The smallest absolute Gasteiger partial charge is 0.469 e. The zero-order chi connectivity index (χ0) is 14.5. The first-order valence-electron chi connectivity index (χ1n) is 5.37. The van der Waals surface area contributed by atoms with Gasteiger partial charge in [-0.2, -0.15) is 0 Å². The Balaban J connectivity index is 2.47. The summed E-state index contributed by atoms with van der Waals surface area (Å²) in [5.74, 6) is 0.366. The van der Waals surface area contributed by atoms with Gasteiger partial charge in [-0.1, -0.05) is 0 Å². The molecule has 1 aromatic carbocycles. The molecule has 1 rings (SSSR count). The van der Waals surface area contributed by atoms with Crippen LogP contribution >= 0.6 is 7.82 Å². The molecule has 1 aromatic rings. The van der Waals surface area contributed by atoms with Crippen LogP contribution in [0.15, 0.2) is 18.2 Å². The summed E-state index contributed by atoms with van der Waals surface area (Å²) in [6.45, 7) is 1.73. The minimum Gasteiger partial charge on any atom is -0.493 e. The van der Waals surface area contributed by atoms with Crippen molar-refractivity contribution in [2.24, 2.45) is 0 Å². The molecule has 0 heterocycles. The summed E-state index contributed by atoms with van der Waals surface area (Å²) in [4.78, 5) is 27.0. The van der Waals surface area contributed by atoms with Gasteiger partial charge in [0.1, 0.15) is 5.75 Å². The van der Waals surface area contributed by atoms with Crippen LogP contribution in [0.1, 0.15) is 12.0 Å². The van der Waals surface area contributed by atoms with Crippen LogP contribution in [-0.2, 0) is 9.09 Å². The molecule has 0 unspecified atom stereocenters. The first-order valence-corrected chi connectivity index (χ1v) is 6.90. The van der Waals surface area contributed by atoms with Crippen molar-refractivity contribution in [1.82, 2.24) is 0 Å². The molecule has 106 valence electrons. The van der Waals surface area contributed by atoms with Crippen LogP contribution in [0.3, 0.4) is 0 Å². The highest BCUT2D eigenvalue weighted by Gasteiger charge is 2.13. The maximum Gasteiger partial charge on any atom is 0.469 e. The van der Waals surface area contributed by atoms with Gasteiger partial charge in [-0.3, -0.25) is 14.6 Å². The second-order valence-corrected chi connectivity index (χ2v) is 4.97. The molecule has 19 heavy (non-hydrogen) atoms. The molecule has 2 N–H and O–H groups in total. The summed E-state index contributed by atoms with van der Waals surface area (Å²) in [6.07, 6.45) is 0.257. The Morgan fingerprint density at radius 3 is 2.63 bits per heavy atom. The van der Waals surface area contributed by atoms with Gasteiger partial charge in [0, 0.05) is 12.5 Å². The fourth-order valence-corrected chi connectivity index (χ4v) is 1.65. The Kier molecular flexibility index (Phi) is 5.44. The average Bonchev–Trinajstić information content (AvgIpc) is 2.29. The second-order valence-electron chi connectivity index (χ2n) is 3.73. The number of aryl methyl sites for hydroxylation is 1. The third-order valence-corrected chi connectivity index (χ3v) is 2.71. The zero-order valence-corrected chi connectivity index (χ0v) is 11.1. The predicted octanol–water partition coefficient (Wildman–Crippen LogP) is 1.78. The van der Waals surface area contributed by atoms with E-state index in [1.165, 1.54) is 12.1 Å². The minimum atomic E-state index is -4.45. The number of hydrogen-bond acceptors (Lipinski definition) is 5. The van der Waals surface area contributed by atoms with E-state index in [2.05, 4.69) is 4.52 Å². The van der Waals surface area contributed by atoms with Gasteiger partial charge < -0.3 is 14.5 Å². The van der Waals surface area contributed by atoms with Crippen molar-refractivity contribution in [2.75, 3.05) is 13.2 Å². The maximum absolute atomic E-state index is 10.6. The van der Waals surface area contributed by atoms with Crippen LogP contribution in [0.5, 0.6) is 5.75 Å². The van der Waals surface area contributed by atoms with E-state index in [1.54, 1.807) is 13.0 Å². The van der Waals surface area contributed by atoms with Gasteiger partial charge in [-0.25, -0.2) is 4.57 Å². The predicted molar refractivity (Wildman–Crippen MR) is 65.9 cm³/mol. The summed E-state index contributed by atoms with van der Waals surface area (Å²) in [7, 11) is -4.45. The first-order chi connectivity index (χ1) is 8.79. The molecule has 9 heteroatoms. The summed E-state index contributed by atoms with van der Waals surface area (Å²) in [5.41, 5.74) is 0.661. The van der Waals surface area contributed by atoms with E-state index in [4.69, 9.17) is 14.5 Å². The Hall–Kier alpha value is -1.47. The number of phosphoric acid groups is 1. The lowest BCUT2D eigenvalue weighted by atomic mass is 10.2. The third kappa shape index (κ3) is 5.80. The molecule has 0 saturated carbocycles. The minimum absolute atomic E-state index is 0.0768. The van der Waals surface area contributed by atoms with E-state index < -0.39 is 12.7 Å². The Bertz CT molecular complexity index is 499. The highest BCUT2D eigenvalue weighted by molar-refractivity contribution is 7.46. The molecule has 0 fully saturated rings. The number of nitro groups is 1. The van der Waals surface area contributed by atoms with Gasteiger partial charge in [0.15, 0.2) is 0 Å². The lowest BCUT2D eigenvalue weighted by Crippen LogP contribution is -2.03. The lowest BCUT2D eigenvalue weighted by molar-refractivity contribution is -0.384. The molecule has 0 atom stereocenters. The molecule has 0 aromatic heterocycles. The van der Waals surface area contributed by atoms with Crippen molar-refractivity contribution in [1.29, 1.82) is 0 Å². The molecule has 0 aliphatic rings. The Labute approximate surface area is 109 Å². The van der Waals surface area contributed by atoms with Crippen molar-refractivity contribution in [3.63, 3.8) is 0 Å². The molecular weight excluding hydrogens is 277 g/mol. The molecule has 0 aliphatic heterocycles. The number of nitro benzene ring substituents is 1. The number of ether oxygens (including phenoxy) is 1. The quantitative estimate of drug-likeness (QED) is 0.340. The highest BCUT2D eigenvalue weighted by atomic mass is 31.2. The number of hydrogen-bond donors (Lipinski definition) is 2. The number of rotatable bonds is 7. The molecule has 0 radical (unpaired) electrons. The van der Waals surface area contributed by atoms with Crippen LogP contribution in [-0.4, -0.2) is 27.9 Å². The van der Waals surface area contributed by atoms with E-state index in [9.17, 15) is 14.7 Å². The molecular formula is C10H14NO7P. The molecule has 0 spiro atoms. The first kappa shape index (κ1) is 15.6. The Morgan fingerprint density at radius 1 is 1.37 bits per heavy atom. The summed E-state index contributed by atoms with van der Waals surface area (Å²) >= 11 is 0. The van der Waals surface area contributed by atoms with Crippen molar-refractivity contribution in [3.05, 3.63) is 33.9 Å². The van der Waals surface area contributed by atoms with Crippen LogP contribution in [0.2, 0.25) is 0 Å². The molecule has 0 amide bonds. The van der Waals surface area contributed by atoms with E-state index in [-0.39, 0.29) is 25.3 Å². The van der Waals surface area contributed by atoms with Gasteiger partial charge >= 0.3 is 7.82 Å². The summed E-state index contributed by atoms with van der Waals surface area (Å²) in [6, 6.07) is 4.25. The fraction of sp³-hybridized carbons (Fsp3) is 0.400. The molecule has 0 aliphatic carbocycles. The zero-order valence-electron chi connectivity index (χ0n) is 10.2. The van der Waals surface area contributed by atoms with E-state index in [1.807, 2.05) is 0 Å². The highest BCUT2D eigenvalue weighted by Crippen LogP contribution is 2.35. The van der Waals surface area contributed by atoms with Crippen LogP contribution in [0.25, 0.3) is 0 Å². The van der Waals surface area contributed by atoms with Crippen molar-refractivity contribution in [2.45, 2.75) is 13.3 Å². The lowest BCUT2D eigenvalue weighted by Gasteiger charge is -2.09. The molecule has 0 saturated heterocycles. The number of nitrogens with zero attached hydrogens (tertiary/aromatic N) is 1. The van der Waals surface area contributed by atoms with E-state index in [0.717, 1.165) is 5.56 Å². The van der Waals surface area contributed by atoms with Gasteiger partial charge in [0.05, 0.1) is 24.2 Å². The van der Waals surface area contributed by atoms with E-state index >= 15 is 0 Å². The van der Waals surface area contributed by atoms with Gasteiger partial charge in [0.25, 0.3) is 5.69 Å². The van der Waals surface area contributed by atoms with Crippen molar-refractivity contribution < 1.29 is 28.5 Å². The van der Waals surface area contributed by atoms with Crippen LogP contribution in [0, 0.1) is 17.0 Å². The van der Waals surface area contributed by atoms with Gasteiger partial charge in [-0.05, 0) is 18.6 Å². The van der Waals surface area contributed by atoms with Gasteiger partial charge in [-0.15, -0.1) is 0 Å². The second kappa shape index (κ2) is 6.63. The van der Waals surface area contributed by atoms with Crippen molar-refractivity contribution in [3.8, 4) is 5.75 Å².